The number of ether oxygens (including phenoxy) is 3. The van der Waals surface area contributed by atoms with Crippen molar-refractivity contribution in [1.82, 2.24) is 10.3 Å². The van der Waals surface area contributed by atoms with E-state index in [1.54, 1.807) is 48.5 Å². The largest absolute Gasteiger partial charge is 0.496 e. The molecule has 1 fully saturated rings. The molecule has 1 aromatic heterocycles. The number of carbonyl (C=O) groups excluding carboxylic acids is 4. The smallest absolute Gasteiger partial charge is 0.357 e. The first kappa shape index (κ1) is 37.1. The average molecular weight is 704 g/mol. The van der Waals surface area contributed by atoms with Crippen LogP contribution in [0.1, 0.15) is 66.4 Å². The molecule has 5 rings (SSSR count). The summed E-state index contributed by atoms with van der Waals surface area (Å²) in [6.45, 7) is 3.76. The van der Waals surface area contributed by atoms with Gasteiger partial charge in [-0.1, -0.05) is 67.3 Å². The average Bonchev–Trinajstić information content (AvgIpc) is 4.00. The van der Waals surface area contributed by atoms with Crippen molar-refractivity contribution in [2.24, 2.45) is 17.4 Å². The van der Waals surface area contributed by atoms with Crippen LogP contribution in [0.25, 0.3) is 17.2 Å². The zero-order valence-electron chi connectivity index (χ0n) is 28.9. The van der Waals surface area contributed by atoms with Crippen molar-refractivity contribution < 1.29 is 33.4 Å². The summed E-state index contributed by atoms with van der Waals surface area (Å²) >= 11 is 0. The van der Waals surface area contributed by atoms with Gasteiger partial charge in [-0.3, -0.25) is 19.8 Å². The summed E-state index contributed by atoms with van der Waals surface area (Å²) in [6, 6.07) is 21.4. The lowest BCUT2D eigenvalue weighted by Crippen LogP contribution is -2.35. The van der Waals surface area contributed by atoms with Crippen molar-refractivity contribution in [2.75, 3.05) is 26.9 Å². The fraction of sp³-hybridized carbons (Fsp3) is 0.250. The summed E-state index contributed by atoms with van der Waals surface area (Å²) in [5.41, 5.74) is 14.8. The number of amidine groups is 1. The van der Waals surface area contributed by atoms with Crippen molar-refractivity contribution in [1.29, 1.82) is 5.41 Å². The lowest BCUT2D eigenvalue weighted by Gasteiger charge is -2.17. The Labute approximate surface area is 301 Å². The Morgan fingerprint density at radius 1 is 0.962 bits per heavy atom. The van der Waals surface area contributed by atoms with E-state index in [2.05, 4.69) is 16.9 Å². The molecule has 1 heterocycles. The van der Waals surface area contributed by atoms with E-state index in [4.69, 9.17) is 31.1 Å². The molecule has 6 N–H and O–H groups in total. The molecule has 268 valence electrons. The molecule has 52 heavy (non-hydrogen) atoms. The maximum Gasteiger partial charge on any atom is 0.357 e. The van der Waals surface area contributed by atoms with Gasteiger partial charge in [0.2, 0.25) is 0 Å². The lowest BCUT2D eigenvalue weighted by molar-refractivity contribution is -0.146. The number of carbonyl (C=O) groups is 4. The molecule has 1 aliphatic rings. The fourth-order valence-corrected chi connectivity index (χ4v) is 5.48. The van der Waals surface area contributed by atoms with Crippen molar-refractivity contribution in [2.45, 2.75) is 31.7 Å². The normalized spacial score (nSPS) is 12.7. The van der Waals surface area contributed by atoms with Gasteiger partial charge in [-0.15, -0.1) is 0 Å². The van der Waals surface area contributed by atoms with Crippen LogP contribution in [0.2, 0.25) is 0 Å². The Balaban J connectivity index is 1.42. The van der Waals surface area contributed by atoms with E-state index >= 15 is 0 Å². The molecule has 0 spiro atoms. The first-order chi connectivity index (χ1) is 25.1. The molecule has 1 saturated carbocycles. The van der Waals surface area contributed by atoms with Crippen molar-refractivity contribution >= 4 is 35.5 Å². The van der Waals surface area contributed by atoms with Crippen LogP contribution in [-0.4, -0.2) is 67.4 Å². The summed E-state index contributed by atoms with van der Waals surface area (Å²) in [7, 11) is 1.47. The van der Waals surface area contributed by atoms with Crippen LogP contribution in [0.4, 0.5) is 0 Å². The van der Waals surface area contributed by atoms with E-state index in [1.807, 2.05) is 30.3 Å². The number of aromatic nitrogens is 1. The minimum absolute atomic E-state index is 0.0113. The van der Waals surface area contributed by atoms with E-state index < -0.39 is 23.9 Å². The molecular formula is C40H41N5O7. The standard InChI is InChI=1S/C40H41N5O7/c1-3-27-21-31(34(46)20-25-11-13-28(14-12-25)37(42)43)30(22-35(27)50-2)29-15-16-33(38(47)44-23-26-9-10-26)45-36(29)40(49)52-18-17-51-39(48)32(41)19-24-7-5-4-6-8-24/h3-8,11-16,21-22,26,32H,1,9-10,17-20,23,41H2,2H3,(H3,42,43)(H,44,47)/t32-/m0/s1. The molecule has 0 unspecified atom stereocenters. The molecule has 12 heteroatoms. The first-order valence-corrected chi connectivity index (χ1v) is 16.8. The van der Waals surface area contributed by atoms with E-state index in [0.29, 0.717) is 40.5 Å². The minimum Gasteiger partial charge on any atom is -0.496 e. The molecule has 12 nitrogen and oxygen atoms in total. The third kappa shape index (κ3) is 9.55. The predicted molar refractivity (Wildman–Crippen MR) is 196 cm³/mol. The minimum atomic E-state index is -0.909. The molecule has 1 amide bonds. The Morgan fingerprint density at radius 2 is 1.67 bits per heavy atom. The Hall–Kier alpha value is -6.14. The number of Topliss-reactive ketones (excluding diaryl/α,β-unsaturated/α-hetero) is 1. The van der Waals surface area contributed by atoms with Gasteiger partial charge < -0.3 is 31.0 Å². The SMILES string of the molecule is C=Cc1cc(C(=O)Cc2ccc(C(=N)N)cc2)c(-c2ccc(C(=O)NCC3CC3)nc2C(=O)OCCOC(=O)[C@@H](N)Cc2ccccc2)cc1OC. The summed E-state index contributed by atoms with van der Waals surface area (Å²) in [5.74, 6) is -1.59. The summed E-state index contributed by atoms with van der Waals surface area (Å²) in [5, 5.41) is 10.5. The predicted octanol–water partition coefficient (Wildman–Crippen LogP) is 4.52. The van der Waals surface area contributed by atoms with Gasteiger partial charge in [-0.2, -0.15) is 0 Å². The zero-order chi connectivity index (χ0) is 37.2. The molecule has 0 bridgehead atoms. The molecule has 1 atom stereocenters. The molecule has 4 aromatic rings. The number of nitrogens with one attached hydrogen (secondary N) is 2. The molecule has 3 aromatic carbocycles. The second-order valence-electron chi connectivity index (χ2n) is 12.4. The maximum atomic E-state index is 13.9. The Morgan fingerprint density at radius 3 is 2.33 bits per heavy atom. The third-order valence-electron chi connectivity index (χ3n) is 8.54. The van der Waals surface area contributed by atoms with Crippen molar-refractivity contribution in [3.05, 3.63) is 125 Å². The number of rotatable bonds is 17. The van der Waals surface area contributed by atoms with E-state index in [9.17, 15) is 19.2 Å². The topological polar surface area (TPSA) is 197 Å². The number of methoxy groups -OCH3 is 1. The van der Waals surface area contributed by atoms with E-state index in [1.165, 1.54) is 13.2 Å². The van der Waals surface area contributed by atoms with Gasteiger partial charge in [0.1, 0.15) is 36.5 Å². The lowest BCUT2D eigenvalue weighted by atomic mass is 9.90. The number of benzene rings is 3. The van der Waals surface area contributed by atoms with Gasteiger partial charge in [-0.05, 0) is 66.1 Å². The monoisotopic (exact) mass is 703 g/mol. The van der Waals surface area contributed by atoms with Crippen LogP contribution in [0.3, 0.4) is 0 Å². The second kappa shape index (κ2) is 17.2. The van der Waals surface area contributed by atoms with Crippen molar-refractivity contribution in [3.63, 3.8) is 0 Å². The molecule has 1 aliphatic carbocycles. The van der Waals surface area contributed by atoms with Crippen LogP contribution >= 0.6 is 0 Å². The van der Waals surface area contributed by atoms with Gasteiger partial charge >= 0.3 is 11.9 Å². The van der Waals surface area contributed by atoms with Crippen LogP contribution in [-0.2, 0) is 27.1 Å². The van der Waals surface area contributed by atoms with Gasteiger partial charge in [0, 0.05) is 35.2 Å². The van der Waals surface area contributed by atoms with Gasteiger partial charge in [0.05, 0.1) is 7.11 Å². The summed E-state index contributed by atoms with van der Waals surface area (Å²) in [4.78, 5) is 57.7. The van der Waals surface area contributed by atoms with Gasteiger partial charge in [0.25, 0.3) is 5.91 Å². The number of hydrogen-bond donors (Lipinski definition) is 4. The van der Waals surface area contributed by atoms with Crippen LogP contribution in [0.15, 0.2) is 85.4 Å². The molecule has 0 aliphatic heterocycles. The highest BCUT2D eigenvalue weighted by Gasteiger charge is 2.26. The summed E-state index contributed by atoms with van der Waals surface area (Å²) in [6.07, 6.45) is 3.88. The summed E-state index contributed by atoms with van der Waals surface area (Å²) < 4.78 is 16.4. The second-order valence-corrected chi connectivity index (χ2v) is 12.4. The number of esters is 2. The highest BCUT2D eigenvalue weighted by molar-refractivity contribution is 6.07. The number of nitrogen functional groups attached to an aromatic ring is 1. The van der Waals surface area contributed by atoms with Gasteiger partial charge in [0.15, 0.2) is 11.5 Å². The maximum absolute atomic E-state index is 13.9. The number of hydrogen-bond acceptors (Lipinski definition) is 10. The number of nitrogens with two attached hydrogens (primary N) is 2. The van der Waals surface area contributed by atoms with Gasteiger partial charge in [-0.25, -0.2) is 9.78 Å². The molecular weight excluding hydrogens is 662 g/mol. The first-order valence-electron chi connectivity index (χ1n) is 16.8. The zero-order valence-corrected chi connectivity index (χ0v) is 28.9. The Kier molecular flexibility index (Phi) is 12.3. The number of amides is 1. The van der Waals surface area contributed by atoms with Crippen LogP contribution < -0.4 is 21.5 Å². The highest BCUT2D eigenvalue weighted by Crippen LogP contribution is 2.35. The highest BCUT2D eigenvalue weighted by atomic mass is 16.6. The van der Waals surface area contributed by atoms with Crippen LogP contribution in [0.5, 0.6) is 5.75 Å². The fourth-order valence-electron chi connectivity index (χ4n) is 5.48. The third-order valence-corrected chi connectivity index (χ3v) is 8.54. The van der Waals surface area contributed by atoms with Crippen LogP contribution in [0, 0.1) is 11.3 Å². The van der Waals surface area contributed by atoms with E-state index in [0.717, 1.165) is 18.4 Å². The molecule has 0 radical (unpaired) electrons. The number of pyridine rings is 1. The molecule has 0 saturated heterocycles. The van der Waals surface area contributed by atoms with E-state index in [-0.39, 0.29) is 60.2 Å². The van der Waals surface area contributed by atoms with Crippen molar-refractivity contribution in [3.8, 4) is 16.9 Å². The number of ketones is 1. The Bertz CT molecular complexity index is 1970. The quantitative estimate of drug-likeness (QED) is 0.0399. The number of nitrogens with zero attached hydrogens (tertiary/aromatic N) is 1.